The van der Waals surface area contributed by atoms with Crippen molar-refractivity contribution in [2.45, 2.75) is 25.8 Å². The molecule has 0 saturated carbocycles. The number of hydrogen-bond donors (Lipinski definition) is 2. The second-order valence-electron chi connectivity index (χ2n) is 7.56. The Balaban J connectivity index is 0.000000775. The summed E-state index contributed by atoms with van der Waals surface area (Å²) in [4.78, 5) is 36.2. The van der Waals surface area contributed by atoms with E-state index in [0.29, 0.717) is 30.2 Å². The summed E-state index contributed by atoms with van der Waals surface area (Å²) in [5.41, 5.74) is 3.05. The number of oxazole rings is 1. The Labute approximate surface area is 183 Å². The van der Waals surface area contributed by atoms with Gasteiger partial charge in [0, 0.05) is 38.1 Å². The van der Waals surface area contributed by atoms with E-state index in [1.807, 2.05) is 47.1 Å². The number of nitrogens with one attached hydrogen (secondary N) is 1. The van der Waals surface area contributed by atoms with Crippen LogP contribution >= 0.6 is 0 Å². The van der Waals surface area contributed by atoms with E-state index in [4.69, 9.17) is 14.3 Å². The van der Waals surface area contributed by atoms with Gasteiger partial charge >= 0.3 is 0 Å². The van der Waals surface area contributed by atoms with Gasteiger partial charge in [-0.25, -0.2) is 9.97 Å². The standard InChI is InChI=1S/C21H22N6O2.CH2O2/c28-19(23-12-16-14-26-9-2-1-7-18(26)24-16)11-15-5-4-10-27(13-15)21-25-20-17(29-21)6-3-8-22-20;2-1-3/h1-3,6-9,14-15H,4-5,10-13H2,(H,23,28);1H,(H,2,3). The molecule has 1 unspecified atom stereocenters. The van der Waals surface area contributed by atoms with E-state index < -0.39 is 0 Å². The molecule has 10 nitrogen and oxygen atoms in total. The van der Waals surface area contributed by atoms with Gasteiger partial charge in [0.15, 0.2) is 5.58 Å². The Hall–Kier alpha value is -3.95. The molecule has 5 rings (SSSR count). The van der Waals surface area contributed by atoms with E-state index in [1.54, 1.807) is 6.20 Å². The van der Waals surface area contributed by atoms with Crippen molar-refractivity contribution in [3.63, 3.8) is 0 Å². The van der Waals surface area contributed by atoms with Gasteiger partial charge in [-0.15, -0.1) is 0 Å². The number of rotatable bonds is 5. The molecule has 1 aliphatic rings. The number of pyridine rings is 2. The van der Waals surface area contributed by atoms with Gasteiger partial charge in [0.05, 0.1) is 12.2 Å². The van der Waals surface area contributed by atoms with Crippen molar-refractivity contribution in [1.29, 1.82) is 0 Å². The average Bonchev–Trinajstić information content (AvgIpc) is 3.42. The first-order chi connectivity index (χ1) is 15.7. The smallest absolute Gasteiger partial charge is 0.299 e. The molecule has 0 aliphatic carbocycles. The lowest BCUT2D eigenvalue weighted by Crippen LogP contribution is -2.38. The van der Waals surface area contributed by atoms with Crippen molar-refractivity contribution < 1.29 is 19.1 Å². The van der Waals surface area contributed by atoms with E-state index in [2.05, 4.69) is 25.2 Å². The molecule has 10 heteroatoms. The average molecular weight is 436 g/mol. The predicted molar refractivity (Wildman–Crippen MR) is 117 cm³/mol. The van der Waals surface area contributed by atoms with E-state index in [-0.39, 0.29) is 18.3 Å². The van der Waals surface area contributed by atoms with Gasteiger partial charge in [0.2, 0.25) is 11.6 Å². The highest BCUT2D eigenvalue weighted by molar-refractivity contribution is 5.76. The van der Waals surface area contributed by atoms with Crippen LogP contribution in [0.1, 0.15) is 25.0 Å². The van der Waals surface area contributed by atoms with Crippen LogP contribution in [0.15, 0.2) is 53.3 Å². The van der Waals surface area contributed by atoms with Crippen LogP contribution in [0.25, 0.3) is 16.9 Å². The first-order valence-electron chi connectivity index (χ1n) is 10.4. The number of aromatic nitrogens is 4. The fraction of sp³-hybridized carbons (Fsp3) is 0.318. The molecule has 1 aliphatic heterocycles. The Morgan fingerprint density at radius 1 is 1.28 bits per heavy atom. The number of piperidine rings is 1. The maximum atomic E-state index is 12.5. The highest BCUT2D eigenvalue weighted by Gasteiger charge is 2.25. The molecule has 1 atom stereocenters. The highest BCUT2D eigenvalue weighted by Crippen LogP contribution is 2.26. The summed E-state index contributed by atoms with van der Waals surface area (Å²) in [5, 5.41) is 9.89. The largest absolute Gasteiger partial charge is 0.483 e. The summed E-state index contributed by atoms with van der Waals surface area (Å²) in [7, 11) is 0. The lowest BCUT2D eigenvalue weighted by molar-refractivity contribution is -0.123. The molecule has 2 N–H and O–H groups in total. The minimum Gasteiger partial charge on any atom is -0.483 e. The van der Waals surface area contributed by atoms with Crippen molar-refractivity contribution in [3.05, 3.63) is 54.6 Å². The van der Waals surface area contributed by atoms with Crippen LogP contribution in [0.2, 0.25) is 0 Å². The molecule has 0 bridgehead atoms. The number of fused-ring (bicyclic) bond motifs is 2. The highest BCUT2D eigenvalue weighted by atomic mass is 16.4. The molecule has 0 aromatic carbocycles. The van der Waals surface area contributed by atoms with E-state index in [1.165, 1.54) is 0 Å². The molecule has 5 heterocycles. The van der Waals surface area contributed by atoms with Gasteiger partial charge in [-0.1, -0.05) is 6.07 Å². The summed E-state index contributed by atoms with van der Waals surface area (Å²) in [6.45, 7) is 1.83. The summed E-state index contributed by atoms with van der Waals surface area (Å²) in [5.74, 6) is 0.320. The van der Waals surface area contributed by atoms with Crippen LogP contribution in [-0.4, -0.2) is 49.9 Å². The maximum absolute atomic E-state index is 12.5. The molecule has 1 fully saturated rings. The van der Waals surface area contributed by atoms with Crippen molar-refractivity contribution in [3.8, 4) is 0 Å². The molecule has 0 radical (unpaired) electrons. The predicted octanol–water partition coefficient (Wildman–Crippen LogP) is 2.49. The fourth-order valence-corrected chi connectivity index (χ4v) is 3.89. The van der Waals surface area contributed by atoms with Crippen molar-refractivity contribution in [1.82, 2.24) is 24.7 Å². The molecule has 1 saturated heterocycles. The van der Waals surface area contributed by atoms with Gasteiger partial charge in [-0.2, -0.15) is 4.98 Å². The zero-order valence-corrected chi connectivity index (χ0v) is 17.4. The number of anilines is 1. The van der Waals surface area contributed by atoms with Crippen LogP contribution in [0.3, 0.4) is 0 Å². The lowest BCUT2D eigenvalue weighted by Gasteiger charge is -2.31. The third-order valence-electron chi connectivity index (χ3n) is 5.30. The lowest BCUT2D eigenvalue weighted by atomic mass is 9.94. The van der Waals surface area contributed by atoms with Crippen LogP contribution in [-0.2, 0) is 16.1 Å². The van der Waals surface area contributed by atoms with Gasteiger partial charge in [0.25, 0.3) is 12.5 Å². The Morgan fingerprint density at radius 3 is 2.97 bits per heavy atom. The van der Waals surface area contributed by atoms with Gasteiger partial charge < -0.3 is 24.1 Å². The SMILES string of the molecule is O=C(CC1CCCN(c2nc3ncccc3o2)C1)NCc1cn2ccccc2n1.O=CO. The molecule has 1 amide bonds. The summed E-state index contributed by atoms with van der Waals surface area (Å²) < 4.78 is 7.79. The number of carbonyl (C=O) groups excluding carboxylic acids is 1. The number of carboxylic acid groups (broad SMARTS) is 1. The summed E-state index contributed by atoms with van der Waals surface area (Å²) in [6, 6.07) is 10.2. The number of nitrogens with zero attached hydrogens (tertiary/aromatic N) is 5. The number of hydrogen-bond acceptors (Lipinski definition) is 7. The first kappa shape index (κ1) is 21.3. The van der Waals surface area contributed by atoms with E-state index in [9.17, 15) is 4.79 Å². The van der Waals surface area contributed by atoms with E-state index >= 15 is 0 Å². The van der Waals surface area contributed by atoms with Crippen LogP contribution in [0.4, 0.5) is 6.01 Å². The first-order valence-corrected chi connectivity index (χ1v) is 10.4. The number of imidazole rings is 1. The van der Waals surface area contributed by atoms with Crippen molar-refractivity contribution in [2.75, 3.05) is 18.0 Å². The fourth-order valence-electron chi connectivity index (χ4n) is 3.89. The molecular formula is C22H24N6O4. The van der Waals surface area contributed by atoms with Gasteiger partial charge in [0.1, 0.15) is 5.65 Å². The molecule has 4 aromatic rings. The van der Waals surface area contributed by atoms with Crippen LogP contribution < -0.4 is 10.2 Å². The molecule has 166 valence electrons. The minimum absolute atomic E-state index is 0.0492. The quantitative estimate of drug-likeness (QED) is 0.457. The van der Waals surface area contributed by atoms with Crippen LogP contribution in [0, 0.1) is 5.92 Å². The van der Waals surface area contributed by atoms with Crippen LogP contribution in [0.5, 0.6) is 0 Å². The van der Waals surface area contributed by atoms with Crippen molar-refractivity contribution >= 4 is 35.3 Å². The van der Waals surface area contributed by atoms with Gasteiger partial charge in [-0.05, 0) is 43.0 Å². The summed E-state index contributed by atoms with van der Waals surface area (Å²) >= 11 is 0. The Kier molecular flexibility index (Phi) is 6.59. The zero-order valence-electron chi connectivity index (χ0n) is 17.4. The van der Waals surface area contributed by atoms with Crippen molar-refractivity contribution in [2.24, 2.45) is 5.92 Å². The topological polar surface area (TPSA) is 126 Å². The summed E-state index contributed by atoms with van der Waals surface area (Å²) in [6.07, 6.45) is 8.13. The maximum Gasteiger partial charge on any atom is 0.299 e. The molecule has 4 aromatic heterocycles. The Bertz CT molecular complexity index is 1140. The zero-order chi connectivity index (χ0) is 22.3. The normalized spacial score (nSPS) is 15.9. The third-order valence-corrected chi connectivity index (χ3v) is 5.30. The monoisotopic (exact) mass is 436 g/mol. The number of carbonyl (C=O) groups is 2. The molecule has 32 heavy (non-hydrogen) atoms. The third kappa shape index (κ3) is 5.02. The molecular weight excluding hydrogens is 412 g/mol. The second kappa shape index (κ2) is 9.90. The van der Waals surface area contributed by atoms with Gasteiger partial charge in [-0.3, -0.25) is 9.59 Å². The molecule has 0 spiro atoms. The second-order valence-corrected chi connectivity index (χ2v) is 7.56. The number of amides is 1. The Morgan fingerprint density at radius 2 is 2.16 bits per heavy atom. The van der Waals surface area contributed by atoms with E-state index in [0.717, 1.165) is 37.3 Å². The minimum atomic E-state index is -0.250.